The number of carboxylic acid groups (broad SMARTS) is 1. The van der Waals surface area contributed by atoms with E-state index in [1.807, 2.05) is 60.7 Å². The fourth-order valence-corrected chi connectivity index (χ4v) is 5.47. The van der Waals surface area contributed by atoms with Crippen molar-refractivity contribution in [1.29, 1.82) is 0 Å². The van der Waals surface area contributed by atoms with Crippen LogP contribution in [0.4, 0.5) is 0 Å². The van der Waals surface area contributed by atoms with Crippen molar-refractivity contribution in [3.63, 3.8) is 0 Å². The van der Waals surface area contributed by atoms with Gasteiger partial charge in [-0.05, 0) is 51.9 Å². The predicted molar refractivity (Wildman–Crippen MR) is 142 cm³/mol. The van der Waals surface area contributed by atoms with E-state index < -0.39 is 11.9 Å². The monoisotopic (exact) mass is 477 g/mol. The molecule has 0 saturated carbocycles. The number of nitrogens with zero attached hydrogens (tertiary/aromatic N) is 1. The van der Waals surface area contributed by atoms with E-state index in [1.54, 1.807) is 7.11 Å². The molecule has 0 radical (unpaired) electrons. The first-order valence-corrected chi connectivity index (χ1v) is 12.4. The topological polar surface area (TPSA) is 49.8 Å². The van der Waals surface area contributed by atoms with E-state index in [4.69, 9.17) is 4.74 Å². The van der Waals surface area contributed by atoms with E-state index >= 15 is 0 Å². The molecule has 1 aliphatic rings. The van der Waals surface area contributed by atoms with Crippen molar-refractivity contribution in [2.24, 2.45) is 0 Å². The minimum atomic E-state index is -0.818. The van der Waals surface area contributed by atoms with Gasteiger partial charge in [0.2, 0.25) is 0 Å². The first-order chi connectivity index (χ1) is 17.6. The van der Waals surface area contributed by atoms with Crippen LogP contribution in [0.5, 0.6) is 5.75 Å². The molecule has 0 amide bonds. The molecule has 0 fully saturated rings. The van der Waals surface area contributed by atoms with Gasteiger partial charge in [0, 0.05) is 25.6 Å². The number of hydrogen-bond donors (Lipinski definition) is 1. The fraction of sp³-hybridized carbons (Fsp3) is 0.219. The molecule has 0 aliphatic carbocycles. The molecule has 0 spiro atoms. The number of fused-ring (bicyclic) bond motifs is 1. The zero-order valence-corrected chi connectivity index (χ0v) is 20.5. The van der Waals surface area contributed by atoms with Gasteiger partial charge >= 0.3 is 5.97 Å². The lowest BCUT2D eigenvalue weighted by atomic mass is 9.74. The lowest BCUT2D eigenvalue weighted by molar-refractivity contribution is -0.139. The summed E-state index contributed by atoms with van der Waals surface area (Å²) >= 11 is 0. The number of carboxylic acids is 1. The zero-order chi connectivity index (χ0) is 24.9. The highest BCUT2D eigenvalue weighted by Gasteiger charge is 2.35. The Morgan fingerprint density at radius 2 is 1.56 bits per heavy atom. The van der Waals surface area contributed by atoms with Crippen LogP contribution in [-0.4, -0.2) is 29.6 Å². The molecule has 0 aromatic heterocycles. The van der Waals surface area contributed by atoms with Crippen molar-refractivity contribution >= 4 is 5.97 Å². The lowest BCUT2D eigenvalue weighted by Gasteiger charge is -2.33. The van der Waals surface area contributed by atoms with Gasteiger partial charge in [0.15, 0.2) is 0 Å². The van der Waals surface area contributed by atoms with Crippen molar-refractivity contribution in [1.82, 2.24) is 4.90 Å². The van der Waals surface area contributed by atoms with Gasteiger partial charge in [-0.25, -0.2) is 0 Å². The lowest BCUT2D eigenvalue weighted by Crippen LogP contribution is -2.31. The molecule has 1 aliphatic heterocycles. The van der Waals surface area contributed by atoms with Gasteiger partial charge in [-0.2, -0.15) is 0 Å². The second-order valence-corrected chi connectivity index (χ2v) is 9.41. The Bertz CT molecular complexity index is 1300. The third kappa shape index (κ3) is 5.05. The van der Waals surface area contributed by atoms with Gasteiger partial charge in [0.1, 0.15) is 5.75 Å². The van der Waals surface area contributed by atoms with Gasteiger partial charge in [-0.1, -0.05) is 91.0 Å². The SMILES string of the molecule is COc1ccc(C(c2cccc3c2CCN(Cc2ccccc2)C3)C(C(=O)O)c2ccccc2)cc1. The molecule has 4 nitrogen and oxygen atoms in total. The molecule has 0 saturated heterocycles. The molecule has 5 rings (SSSR count). The maximum Gasteiger partial charge on any atom is 0.311 e. The highest BCUT2D eigenvalue weighted by molar-refractivity contribution is 5.79. The Labute approximate surface area is 212 Å². The molecule has 4 heteroatoms. The summed E-state index contributed by atoms with van der Waals surface area (Å²) < 4.78 is 5.38. The first-order valence-electron chi connectivity index (χ1n) is 12.4. The molecule has 2 atom stereocenters. The van der Waals surface area contributed by atoms with Gasteiger partial charge in [0.25, 0.3) is 0 Å². The second kappa shape index (κ2) is 10.8. The van der Waals surface area contributed by atoms with Crippen LogP contribution in [0.25, 0.3) is 0 Å². The van der Waals surface area contributed by atoms with E-state index in [-0.39, 0.29) is 5.92 Å². The number of rotatable bonds is 8. The maximum absolute atomic E-state index is 12.8. The standard InChI is InChI=1S/C32H31NO3/c1-36-27-17-15-25(16-18-27)30(31(32(34)35)24-11-6-3-7-12-24)29-14-8-13-26-22-33(20-19-28(26)29)21-23-9-4-2-5-10-23/h2-18,30-31H,19-22H2,1H3,(H,34,35). The molecule has 4 aromatic rings. The van der Waals surface area contributed by atoms with E-state index in [0.717, 1.165) is 48.5 Å². The molecule has 2 unspecified atom stereocenters. The van der Waals surface area contributed by atoms with Gasteiger partial charge < -0.3 is 9.84 Å². The van der Waals surface area contributed by atoms with E-state index in [9.17, 15) is 9.90 Å². The Hall–Kier alpha value is -3.89. The number of hydrogen-bond acceptors (Lipinski definition) is 3. The van der Waals surface area contributed by atoms with Crippen LogP contribution in [0.15, 0.2) is 103 Å². The van der Waals surface area contributed by atoms with Crippen molar-refractivity contribution < 1.29 is 14.6 Å². The summed E-state index contributed by atoms with van der Waals surface area (Å²) in [5, 5.41) is 10.5. The van der Waals surface area contributed by atoms with Crippen LogP contribution in [0.1, 0.15) is 45.2 Å². The van der Waals surface area contributed by atoms with Crippen LogP contribution in [0.2, 0.25) is 0 Å². The van der Waals surface area contributed by atoms with Crippen molar-refractivity contribution in [2.45, 2.75) is 31.3 Å². The number of benzene rings is 4. The van der Waals surface area contributed by atoms with E-state index in [1.165, 1.54) is 16.7 Å². The Balaban J connectivity index is 1.56. The number of methoxy groups -OCH3 is 1. The minimum absolute atomic E-state index is 0.313. The minimum Gasteiger partial charge on any atom is -0.497 e. The normalized spacial score (nSPS) is 15.0. The highest BCUT2D eigenvalue weighted by atomic mass is 16.5. The average molecular weight is 478 g/mol. The molecular weight excluding hydrogens is 446 g/mol. The number of carbonyl (C=O) groups is 1. The van der Waals surface area contributed by atoms with Crippen LogP contribution in [0.3, 0.4) is 0 Å². The predicted octanol–water partition coefficient (Wildman–Crippen LogP) is 6.25. The Morgan fingerprint density at radius 3 is 2.22 bits per heavy atom. The van der Waals surface area contributed by atoms with Gasteiger partial charge in [-0.3, -0.25) is 9.69 Å². The molecule has 36 heavy (non-hydrogen) atoms. The van der Waals surface area contributed by atoms with Crippen LogP contribution >= 0.6 is 0 Å². The molecule has 1 N–H and O–H groups in total. The van der Waals surface area contributed by atoms with Gasteiger partial charge in [0.05, 0.1) is 13.0 Å². The summed E-state index contributed by atoms with van der Waals surface area (Å²) in [4.78, 5) is 15.3. The van der Waals surface area contributed by atoms with Gasteiger partial charge in [-0.15, -0.1) is 0 Å². The number of ether oxygens (including phenoxy) is 1. The van der Waals surface area contributed by atoms with Crippen molar-refractivity contribution in [3.05, 3.63) is 137 Å². The Kier molecular flexibility index (Phi) is 7.15. The number of aliphatic carboxylic acids is 1. The van der Waals surface area contributed by atoms with Crippen LogP contribution in [0, 0.1) is 0 Å². The average Bonchev–Trinajstić information content (AvgIpc) is 2.92. The Morgan fingerprint density at radius 1 is 0.861 bits per heavy atom. The molecular formula is C32H31NO3. The third-order valence-corrected chi connectivity index (χ3v) is 7.20. The quantitative estimate of drug-likeness (QED) is 0.326. The second-order valence-electron chi connectivity index (χ2n) is 9.41. The van der Waals surface area contributed by atoms with Crippen LogP contribution in [-0.2, 0) is 24.3 Å². The van der Waals surface area contributed by atoms with Crippen LogP contribution < -0.4 is 4.74 Å². The zero-order valence-electron chi connectivity index (χ0n) is 20.5. The van der Waals surface area contributed by atoms with Crippen molar-refractivity contribution in [2.75, 3.05) is 13.7 Å². The van der Waals surface area contributed by atoms with E-state index in [0.29, 0.717) is 0 Å². The summed E-state index contributed by atoms with van der Waals surface area (Å²) in [6.07, 6.45) is 0.895. The summed E-state index contributed by atoms with van der Waals surface area (Å²) in [5.74, 6) is -1.07. The maximum atomic E-state index is 12.8. The highest BCUT2D eigenvalue weighted by Crippen LogP contribution is 2.42. The first kappa shape index (κ1) is 23.8. The smallest absolute Gasteiger partial charge is 0.311 e. The molecule has 0 bridgehead atoms. The molecule has 1 heterocycles. The molecule has 4 aromatic carbocycles. The summed E-state index contributed by atoms with van der Waals surface area (Å²) in [6.45, 7) is 2.71. The fourth-order valence-electron chi connectivity index (χ4n) is 5.47. The molecule has 182 valence electrons. The summed E-state index contributed by atoms with van der Waals surface area (Å²) in [7, 11) is 1.64. The van der Waals surface area contributed by atoms with Crippen molar-refractivity contribution in [3.8, 4) is 5.75 Å². The van der Waals surface area contributed by atoms with E-state index in [2.05, 4.69) is 47.4 Å². The summed E-state index contributed by atoms with van der Waals surface area (Å²) in [5.41, 5.74) is 6.77. The largest absolute Gasteiger partial charge is 0.497 e. The summed E-state index contributed by atoms with van der Waals surface area (Å²) in [6, 6.07) is 34.4. The third-order valence-electron chi connectivity index (χ3n) is 7.20.